The molecule has 0 bridgehead atoms. The first kappa shape index (κ1) is 33.4. The molecule has 1 heterocycles. The summed E-state index contributed by atoms with van der Waals surface area (Å²) in [6, 6.07) is 44.0. The highest BCUT2D eigenvalue weighted by molar-refractivity contribution is 6.71. The Hall–Kier alpha value is -5.47. The van der Waals surface area contributed by atoms with E-state index in [9.17, 15) is 0 Å². The van der Waals surface area contributed by atoms with E-state index in [0.29, 0.717) is 0 Å². The molecule has 0 saturated carbocycles. The van der Waals surface area contributed by atoms with Gasteiger partial charge in [-0.15, -0.1) is 21.9 Å². The first-order valence-corrected chi connectivity index (χ1v) is 18.7. The zero-order valence-corrected chi connectivity index (χ0v) is 31.9. The summed E-state index contributed by atoms with van der Waals surface area (Å²) in [7, 11) is 18.5. The van der Waals surface area contributed by atoms with Gasteiger partial charge < -0.3 is 0 Å². The monoisotopic (exact) mass is 668 g/mol. The molecular formula is C43H36B8N2. The molecule has 9 aromatic rings. The number of fused-ring (bicyclic) bond motifs is 4. The molecule has 0 radical (unpaired) electrons. The molecule has 0 amide bonds. The fourth-order valence-electron chi connectivity index (χ4n) is 8.89. The number of rotatable bonds is 4. The highest BCUT2D eigenvalue weighted by Crippen LogP contribution is 2.41. The lowest BCUT2D eigenvalue weighted by Crippen LogP contribution is -2.50. The Morgan fingerprint density at radius 2 is 0.830 bits per heavy atom. The van der Waals surface area contributed by atoms with Crippen molar-refractivity contribution in [2.45, 2.75) is 0 Å². The minimum Gasteiger partial charge on any atom is -0.292 e. The van der Waals surface area contributed by atoms with Crippen LogP contribution in [0.5, 0.6) is 0 Å². The van der Waals surface area contributed by atoms with Crippen LogP contribution in [0.15, 0.2) is 121 Å². The summed E-state index contributed by atoms with van der Waals surface area (Å²) in [4.78, 5) is 5.24. The Labute approximate surface area is 318 Å². The van der Waals surface area contributed by atoms with E-state index in [2.05, 4.69) is 189 Å². The minimum atomic E-state index is 0.944. The molecule has 53 heavy (non-hydrogen) atoms. The van der Waals surface area contributed by atoms with Gasteiger partial charge in [-0.3, -0.25) is 4.57 Å². The molecule has 0 aliphatic carbocycles. The molecule has 9 rings (SSSR count). The summed E-state index contributed by atoms with van der Waals surface area (Å²) >= 11 is 0. The molecule has 0 fully saturated rings. The molecule has 242 valence electrons. The first-order chi connectivity index (χ1) is 25.7. The lowest BCUT2D eigenvalue weighted by atomic mass is 9.59. The summed E-state index contributed by atoms with van der Waals surface area (Å²) < 4.78 is 2.32. The molecule has 0 spiro atoms. The lowest BCUT2D eigenvalue weighted by Gasteiger charge is -2.28. The van der Waals surface area contributed by atoms with Crippen LogP contribution in [0.3, 0.4) is 0 Å². The molecule has 0 saturated heterocycles. The zero-order chi connectivity index (χ0) is 36.7. The van der Waals surface area contributed by atoms with E-state index in [1.807, 2.05) is 0 Å². The van der Waals surface area contributed by atoms with Crippen molar-refractivity contribution in [2.75, 3.05) is 0 Å². The summed E-state index contributed by atoms with van der Waals surface area (Å²) in [6.45, 7) is 0. The smallest absolute Gasteiger partial charge is 0.145 e. The van der Waals surface area contributed by atoms with E-state index in [-0.39, 0.29) is 0 Å². The Balaban J connectivity index is 1.35. The van der Waals surface area contributed by atoms with Crippen molar-refractivity contribution in [2.24, 2.45) is 0 Å². The number of para-hydroxylation sites is 2. The van der Waals surface area contributed by atoms with Crippen LogP contribution < -0.4 is 43.7 Å². The third-order valence-electron chi connectivity index (χ3n) is 12.4. The first-order valence-electron chi connectivity index (χ1n) is 18.7. The number of imidazole rings is 1. The summed E-state index contributed by atoms with van der Waals surface area (Å²) in [6.07, 6.45) is 0. The van der Waals surface area contributed by atoms with E-state index in [1.54, 1.807) is 0 Å². The summed E-state index contributed by atoms with van der Waals surface area (Å²) in [5.41, 5.74) is 20.4. The van der Waals surface area contributed by atoms with Gasteiger partial charge in [-0.25, -0.2) is 4.98 Å². The van der Waals surface area contributed by atoms with Crippen LogP contribution in [0.25, 0.3) is 82.7 Å². The van der Waals surface area contributed by atoms with Gasteiger partial charge in [0.15, 0.2) is 0 Å². The zero-order valence-electron chi connectivity index (χ0n) is 31.9. The second-order valence-corrected chi connectivity index (χ2v) is 15.0. The van der Waals surface area contributed by atoms with E-state index < -0.39 is 0 Å². The fourth-order valence-corrected chi connectivity index (χ4v) is 8.89. The maximum Gasteiger partial charge on any atom is 0.145 e. The quantitative estimate of drug-likeness (QED) is 0.151. The molecule has 0 unspecified atom stereocenters. The molecule has 0 atom stereocenters. The largest absolute Gasteiger partial charge is 0.292 e. The van der Waals surface area contributed by atoms with Crippen LogP contribution >= 0.6 is 0 Å². The van der Waals surface area contributed by atoms with Gasteiger partial charge in [-0.2, -0.15) is 0 Å². The molecule has 0 aliphatic rings. The average molecular weight is 667 g/mol. The van der Waals surface area contributed by atoms with Crippen LogP contribution in [0.1, 0.15) is 0 Å². The van der Waals surface area contributed by atoms with Crippen LogP contribution in [-0.4, -0.2) is 72.3 Å². The van der Waals surface area contributed by atoms with E-state index in [4.69, 9.17) is 4.98 Å². The molecular weight excluding hydrogens is 631 g/mol. The molecule has 0 aliphatic heterocycles. The van der Waals surface area contributed by atoms with Gasteiger partial charge in [0.05, 0.1) is 11.0 Å². The van der Waals surface area contributed by atoms with Crippen LogP contribution in [-0.2, 0) is 0 Å². The van der Waals surface area contributed by atoms with Gasteiger partial charge in [0.2, 0.25) is 0 Å². The van der Waals surface area contributed by atoms with Crippen molar-refractivity contribution in [1.82, 2.24) is 9.55 Å². The molecule has 0 N–H and O–H groups in total. The van der Waals surface area contributed by atoms with Crippen molar-refractivity contribution in [1.29, 1.82) is 0 Å². The topological polar surface area (TPSA) is 17.8 Å². The van der Waals surface area contributed by atoms with Crippen molar-refractivity contribution in [3.8, 4) is 39.3 Å². The van der Waals surface area contributed by atoms with Crippen LogP contribution in [0, 0.1) is 0 Å². The third-order valence-corrected chi connectivity index (χ3v) is 12.4. The Morgan fingerprint density at radius 1 is 0.377 bits per heavy atom. The number of hydrogen-bond acceptors (Lipinski definition) is 1. The van der Waals surface area contributed by atoms with Crippen molar-refractivity contribution >= 4 is 150 Å². The Morgan fingerprint density at radius 3 is 1.40 bits per heavy atom. The molecule has 8 aromatic carbocycles. The normalized spacial score (nSPS) is 11.6. The minimum absolute atomic E-state index is 0.944. The predicted molar refractivity (Wildman–Crippen MR) is 255 cm³/mol. The van der Waals surface area contributed by atoms with Crippen molar-refractivity contribution in [3.63, 3.8) is 0 Å². The fraction of sp³-hybridized carbons (Fsp3) is 0. The second kappa shape index (κ2) is 12.6. The number of benzene rings is 8. The second-order valence-electron chi connectivity index (χ2n) is 15.0. The van der Waals surface area contributed by atoms with Crippen molar-refractivity contribution in [3.05, 3.63) is 121 Å². The molecule has 1 aromatic heterocycles. The molecule has 2 nitrogen and oxygen atoms in total. The predicted octanol–water partition coefficient (Wildman–Crippen LogP) is -2.45. The highest BCUT2D eigenvalue weighted by Gasteiger charge is 2.25. The maximum absolute atomic E-state index is 5.24. The van der Waals surface area contributed by atoms with E-state index in [0.717, 1.165) is 28.1 Å². The number of nitrogens with zero attached hydrogens (tertiary/aromatic N) is 2. The number of aromatic nitrogens is 2. The van der Waals surface area contributed by atoms with Crippen LogP contribution in [0.2, 0.25) is 0 Å². The Kier molecular flexibility index (Phi) is 7.93. The SMILES string of the molecule is Bc1c(B)c(B)c2c(-c3ccc(-c4nc5ccccc5n4-c4ccc5ccccc5c4)cc3)c3c(B)c(B)c(B)c(B)c3c(-c3ccccc3)c2c1B. The van der Waals surface area contributed by atoms with Gasteiger partial charge in [0.25, 0.3) is 0 Å². The van der Waals surface area contributed by atoms with Gasteiger partial charge in [-0.1, -0.05) is 119 Å². The lowest BCUT2D eigenvalue weighted by molar-refractivity contribution is 1.11. The van der Waals surface area contributed by atoms with Gasteiger partial charge >= 0.3 is 0 Å². The Bertz CT molecular complexity index is 2890. The summed E-state index contributed by atoms with van der Waals surface area (Å²) in [5, 5.41) is 7.91. The van der Waals surface area contributed by atoms with Gasteiger partial charge in [0, 0.05) is 11.3 Å². The average Bonchev–Trinajstić information content (AvgIpc) is 3.59. The van der Waals surface area contributed by atoms with Crippen LogP contribution in [0.4, 0.5) is 0 Å². The maximum atomic E-state index is 5.24. The van der Waals surface area contributed by atoms with E-state index in [1.165, 1.54) is 98.3 Å². The molecule has 10 heteroatoms. The third kappa shape index (κ3) is 5.02. The highest BCUT2D eigenvalue weighted by atomic mass is 15.1. The van der Waals surface area contributed by atoms with Crippen molar-refractivity contribution < 1.29 is 0 Å². The van der Waals surface area contributed by atoms with Gasteiger partial charge in [0.1, 0.15) is 68.6 Å². The van der Waals surface area contributed by atoms with Gasteiger partial charge in [-0.05, 0) is 78.8 Å². The number of hydrogen-bond donors (Lipinski definition) is 0. The van der Waals surface area contributed by atoms with E-state index >= 15 is 0 Å². The summed E-state index contributed by atoms with van der Waals surface area (Å²) in [5.74, 6) is 0.944. The standard InChI is InChI=1S/C43H36B8N2/c44-35-31-29(22-9-2-1-3-10-22)32-34(38(47)42(51)40(49)36(32)45)30(33(31)37(46)41(50)39(35)48)23-14-16-24(17-15-23)43-52-27-12-6-7-13-28(27)53(43)26-19-18-21-8-4-5-11-25(21)20-26/h1-20H,44-51H2.